The number of nitrogens with one attached hydrogen (secondary N) is 1. The molecule has 1 aliphatic heterocycles. The van der Waals surface area contributed by atoms with Gasteiger partial charge in [-0.15, -0.1) is 0 Å². The zero-order chi connectivity index (χ0) is 10.8. The van der Waals surface area contributed by atoms with Gasteiger partial charge >= 0.3 is 5.97 Å². The molecule has 80 valence electrons. The van der Waals surface area contributed by atoms with Crippen molar-refractivity contribution in [1.29, 1.82) is 0 Å². The van der Waals surface area contributed by atoms with Crippen molar-refractivity contribution in [2.75, 3.05) is 11.5 Å². The fraction of sp³-hybridized carbons (Fsp3) is 0.714. The van der Waals surface area contributed by atoms with E-state index < -0.39 is 27.8 Å². The van der Waals surface area contributed by atoms with Crippen molar-refractivity contribution < 1.29 is 23.1 Å². The van der Waals surface area contributed by atoms with Gasteiger partial charge in [0.25, 0.3) is 0 Å². The summed E-state index contributed by atoms with van der Waals surface area (Å²) in [5, 5.41) is 10.8. The Kier molecular flexibility index (Phi) is 3.10. The Hall–Kier alpha value is -1.11. The van der Waals surface area contributed by atoms with Gasteiger partial charge in [-0.3, -0.25) is 4.79 Å². The Morgan fingerprint density at radius 1 is 1.57 bits per heavy atom. The van der Waals surface area contributed by atoms with E-state index in [9.17, 15) is 18.0 Å². The highest BCUT2D eigenvalue weighted by Crippen LogP contribution is 2.21. The minimum Gasteiger partial charge on any atom is -0.480 e. The van der Waals surface area contributed by atoms with Crippen LogP contribution < -0.4 is 5.32 Å². The lowest BCUT2D eigenvalue weighted by molar-refractivity contribution is -0.141. The van der Waals surface area contributed by atoms with Crippen LogP contribution in [0.5, 0.6) is 0 Å². The summed E-state index contributed by atoms with van der Waals surface area (Å²) in [5.74, 6) is -1.87. The summed E-state index contributed by atoms with van der Waals surface area (Å²) in [6, 6.07) is -1.09. The predicted octanol–water partition coefficient (Wildman–Crippen LogP) is -1.38. The van der Waals surface area contributed by atoms with Crippen LogP contribution in [0.4, 0.5) is 0 Å². The van der Waals surface area contributed by atoms with E-state index in [1.165, 1.54) is 0 Å². The summed E-state index contributed by atoms with van der Waals surface area (Å²) < 4.78 is 22.1. The zero-order valence-electron chi connectivity index (χ0n) is 7.34. The van der Waals surface area contributed by atoms with E-state index in [4.69, 9.17) is 5.11 Å². The van der Waals surface area contributed by atoms with Gasteiger partial charge in [-0.1, -0.05) is 0 Å². The Morgan fingerprint density at radius 2 is 2.21 bits per heavy atom. The van der Waals surface area contributed by atoms with Gasteiger partial charge in [0.2, 0.25) is 6.41 Å². The molecule has 1 saturated heterocycles. The van der Waals surface area contributed by atoms with Crippen LogP contribution in [0.15, 0.2) is 0 Å². The molecule has 0 radical (unpaired) electrons. The average Bonchev–Trinajstić information content (AvgIpc) is 2.41. The van der Waals surface area contributed by atoms with E-state index in [0.717, 1.165) is 0 Å². The SMILES string of the molecule is O=CNC(C(=O)O)C1CCS(=O)(=O)C1. The third kappa shape index (κ3) is 2.44. The summed E-state index contributed by atoms with van der Waals surface area (Å²) >= 11 is 0. The van der Waals surface area contributed by atoms with Crippen LogP contribution in [0.1, 0.15) is 6.42 Å². The number of carboxylic acids is 1. The molecule has 1 heterocycles. The first-order valence-corrected chi connectivity index (χ1v) is 5.91. The molecule has 1 amide bonds. The van der Waals surface area contributed by atoms with Gasteiger partial charge in [0.1, 0.15) is 6.04 Å². The summed E-state index contributed by atoms with van der Waals surface area (Å²) in [7, 11) is -3.11. The fourth-order valence-electron chi connectivity index (χ4n) is 1.57. The van der Waals surface area contributed by atoms with Crippen molar-refractivity contribution >= 4 is 22.2 Å². The summed E-state index contributed by atoms with van der Waals surface area (Å²) in [6.07, 6.45) is 0.573. The number of carbonyl (C=O) groups excluding carboxylic acids is 1. The number of hydrogen-bond donors (Lipinski definition) is 2. The van der Waals surface area contributed by atoms with Gasteiger partial charge in [0.15, 0.2) is 9.84 Å². The van der Waals surface area contributed by atoms with Gasteiger partial charge in [-0.25, -0.2) is 13.2 Å². The molecule has 14 heavy (non-hydrogen) atoms. The van der Waals surface area contributed by atoms with Crippen LogP contribution >= 0.6 is 0 Å². The standard InChI is InChI=1S/C7H11NO5S/c9-4-8-6(7(10)11)5-1-2-14(12,13)3-5/h4-6H,1-3H2,(H,8,9)(H,10,11). The summed E-state index contributed by atoms with van der Waals surface area (Å²) in [6.45, 7) is 0. The molecule has 0 aliphatic carbocycles. The van der Waals surface area contributed by atoms with Crippen LogP contribution in [0.3, 0.4) is 0 Å². The number of sulfone groups is 1. The molecule has 1 aliphatic rings. The molecule has 7 heteroatoms. The molecule has 2 atom stereocenters. The molecule has 0 aromatic heterocycles. The van der Waals surface area contributed by atoms with Crippen molar-refractivity contribution in [2.45, 2.75) is 12.5 Å². The lowest BCUT2D eigenvalue weighted by Crippen LogP contribution is -2.42. The fourth-order valence-corrected chi connectivity index (χ4v) is 3.41. The highest BCUT2D eigenvalue weighted by atomic mass is 32.2. The molecule has 2 N–H and O–H groups in total. The molecule has 0 bridgehead atoms. The van der Waals surface area contributed by atoms with Gasteiger partial charge in [0, 0.05) is 5.92 Å². The van der Waals surface area contributed by atoms with Gasteiger partial charge < -0.3 is 10.4 Å². The summed E-state index contributed by atoms with van der Waals surface area (Å²) in [4.78, 5) is 20.8. The van der Waals surface area contributed by atoms with Crippen LogP contribution in [0.2, 0.25) is 0 Å². The smallest absolute Gasteiger partial charge is 0.326 e. The molecular weight excluding hydrogens is 210 g/mol. The van der Waals surface area contributed by atoms with Crippen molar-refractivity contribution in [2.24, 2.45) is 5.92 Å². The largest absolute Gasteiger partial charge is 0.480 e. The lowest BCUT2D eigenvalue weighted by atomic mass is 10.00. The highest BCUT2D eigenvalue weighted by Gasteiger charge is 2.37. The van der Waals surface area contributed by atoms with Crippen LogP contribution in [0.25, 0.3) is 0 Å². The number of amides is 1. The Bertz CT molecular complexity index is 336. The maximum Gasteiger partial charge on any atom is 0.326 e. The lowest BCUT2D eigenvalue weighted by Gasteiger charge is -2.16. The van der Waals surface area contributed by atoms with E-state index in [1.54, 1.807) is 0 Å². The van der Waals surface area contributed by atoms with Crippen LogP contribution in [0, 0.1) is 5.92 Å². The van der Waals surface area contributed by atoms with Gasteiger partial charge in [-0.05, 0) is 6.42 Å². The average molecular weight is 221 g/mol. The molecule has 0 saturated carbocycles. The number of hydrogen-bond acceptors (Lipinski definition) is 4. The van der Waals surface area contributed by atoms with Crippen molar-refractivity contribution in [1.82, 2.24) is 5.32 Å². The Balaban J connectivity index is 2.72. The minimum atomic E-state index is -3.11. The third-order valence-electron chi connectivity index (χ3n) is 2.25. The summed E-state index contributed by atoms with van der Waals surface area (Å²) in [5.41, 5.74) is 0. The topological polar surface area (TPSA) is 101 Å². The monoisotopic (exact) mass is 221 g/mol. The minimum absolute atomic E-state index is 0.00197. The van der Waals surface area contributed by atoms with E-state index >= 15 is 0 Å². The van der Waals surface area contributed by atoms with E-state index in [0.29, 0.717) is 6.42 Å². The normalized spacial score (nSPS) is 26.7. The predicted molar refractivity (Wildman–Crippen MR) is 47.4 cm³/mol. The Morgan fingerprint density at radius 3 is 2.57 bits per heavy atom. The number of rotatable bonds is 4. The molecular formula is C7H11NO5S. The van der Waals surface area contributed by atoms with Crippen molar-refractivity contribution in [3.63, 3.8) is 0 Å². The van der Waals surface area contributed by atoms with Crippen molar-refractivity contribution in [3.05, 3.63) is 0 Å². The highest BCUT2D eigenvalue weighted by molar-refractivity contribution is 7.91. The van der Waals surface area contributed by atoms with Crippen LogP contribution in [-0.4, -0.2) is 43.5 Å². The van der Waals surface area contributed by atoms with Crippen molar-refractivity contribution in [3.8, 4) is 0 Å². The molecule has 1 rings (SSSR count). The van der Waals surface area contributed by atoms with Gasteiger partial charge in [-0.2, -0.15) is 0 Å². The Labute approximate surface area is 81.2 Å². The second-order valence-electron chi connectivity index (χ2n) is 3.26. The third-order valence-corrected chi connectivity index (χ3v) is 4.05. The molecule has 0 aromatic carbocycles. The number of aliphatic carboxylic acids is 1. The van der Waals surface area contributed by atoms with E-state index in [-0.39, 0.29) is 17.9 Å². The first kappa shape index (κ1) is 11.0. The first-order chi connectivity index (χ1) is 6.46. The second-order valence-corrected chi connectivity index (χ2v) is 5.49. The van der Waals surface area contributed by atoms with E-state index in [2.05, 4.69) is 5.32 Å². The van der Waals surface area contributed by atoms with Crippen LogP contribution in [-0.2, 0) is 19.4 Å². The molecule has 0 aromatic rings. The maximum atomic E-state index is 11.1. The zero-order valence-corrected chi connectivity index (χ0v) is 8.16. The van der Waals surface area contributed by atoms with E-state index in [1.807, 2.05) is 0 Å². The molecule has 0 spiro atoms. The van der Waals surface area contributed by atoms with Gasteiger partial charge in [0.05, 0.1) is 11.5 Å². The first-order valence-electron chi connectivity index (χ1n) is 4.09. The molecule has 2 unspecified atom stereocenters. The second kappa shape index (κ2) is 3.95. The number of carboxylic acid groups (broad SMARTS) is 1. The quantitative estimate of drug-likeness (QED) is 0.570. The maximum absolute atomic E-state index is 11.1. The molecule has 6 nitrogen and oxygen atoms in total. The molecule has 1 fully saturated rings. The number of carbonyl (C=O) groups is 2.